The van der Waals surface area contributed by atoms with Crippen LogP contribution in [0.4, 0.5) is 5.69 Å². The molecule has 1 N–H and O–H groups in total. The quantitative estimate of drug-likeness (QED) is 0.477. The summed E-state index contributed by atoms with van der Waals surface area (Å²) in [5.74, 6) is -0.0551. The van der Waals surface area contributed by atoms with Crippen molar-refractivity contribution in [1.82, 2.24) is 0 Å². The number of nitrogens with zero attached hydrogens (tertiary/aromatic N) is 1. The Morgan fingerprint density at radius 1 is 1.64 bits per heavy atom. The zero-order chi connectivity index (χ0) is 10.7. The van der Waals surface area contributed by atoms with Gasteiger partial charge in [-0.2, -0.15) is 0 Å². The van der Waals surface area contributed by atoms with Crippen molar-refractivity contribution in [3.05, 3.63) is 45.5 Å². The Morgan fingerprint density at radius 3 is 2.79 bits per heavy atom. The summed E-state index contributed by atoms with van der Waals surface area (Å²) in [6.45, 7) is 3.48. The van der Waals surface area contributed by atoms with Gasteiger partial charge in [-0.15, -0.1) is 6.58 Å². The van der Waals surface area contributed by atoms with E-state index in [-0.39, 0.29) is 16.5 Å². The molecule has 0 amide bonds. The van der Waals surface area contributed by atoms with Crippen molar-refractivity contribution in [3.63, 3.8) is 0 Å². The fourth-order valence-corrected chi connectivity index (χ4v) is 1.28. The summed E-state index contributed by atoms with van der Waals surface area (Å²) >= 11 is 5.57. The van der Waals surface area contributed by atoms with Crippen LogP contribution in [0.15, 0.2) is 24.8 Å². The SMILES string of the molecule is C=CCc1cc([N+](=O)[O-])c(Cl)cc1O. The van der Waals surface area contributed by atoms with Gasteiger partial charge in [-0.25, -0.2) is 0 Å². The second kappa shape index (κ2) is 4.11. The first-order valence-corrected chi connectivity index (χ1v) is 4.20. The van der Waals surface area contributed by atoms with Gasteiger partial charge in [0.1, 0.15) is 10.8 Å². The van der Waals surface area contributed by atoms with Crippen LogP contribution in [0.25, 0.3) is 0 Å². The molecule has 0 saturated carbocycles. The summed E-state index contributed by atoms with van der Waals surface area (Å²) in [6.07, 6.45) is 1.91. The summed E-state index contributed by atoms with van der Waals surface area (Å²) < 4.78 is 0. The van der Waals surface area contributed by atoms with Crippen LogP contribution < -0.4 is 0 Å². The number of aromatic hydroxyl groups is 1. The molecule has 4 nitrogen and oxygen atoms in total. The highest BCUT2D eigenvalue weighted by Crippen LogP contribution is 2.31. The topological polar surface area (TPSA) is 63.4 Å². The summed E-state index contributed by atoms with van der Waals surface area (Å²) in [7, 11) is 0. The zero-order valence-corrected chi connectivity index (χ0v) is 7.99. The van der Waals surface area contributed by atoms with E-state index in [1.807, 2.05) is 0 Å². The second-order valence-corrected chi connectivity index (χ2v) is 3.09. The normalized spacial score (nSPS) is 9.79. The van der Waals surface area contributed by atoms with E-state index in [9.17, 15) is 15.2 Å². The Bertz CT molecular complexity index is 390. The van der Waals surface area contributed by atoms with Gasteiger partial charge in [-0.3, -0.25) is 10.1 Å². The van der Waals surface area contributed by atoms with Crippen molar-refractivity contribution in [2.45, 2.75) is 6.42 Å². The highest BCUT2D eigenvalue weighted by Gasteiger charge is 2.15. The molecule has 1 rings (SSSR count). The van der Waals surface area contributed by atoms with Crippen molar-refractivity contribution in [2.75, 3.05) is 0 Å². The molecule has 14 heavy (non-hydrogen) atoms. The van der Waals surface area contributed by atoms with E-state index in [0.29, 0.717) is 12.0 Å². The minimum absolute atomic E-state index is 0.0551. The summed E-state index contributed by atoms with van der Waals surface area (Å²) in [5.41, 5.74) is 0.234. The predicted octanol–water partition coefficient (Wildman–Crippen LogP) is 2.68. The van der Waals surface area contributed by atoms with Crippen LogP contribution in [0.2, 0.25) is 5.02 Å². The Hall–Kier alpha value is -1.55. The van der Waals surface area contributed by atoms with Gasteiger partial charge in [-0.1, -0.05) is 17.7 Å². The highest BCUT2D eigenvalue weighted by molar-refractivity contribution is 6.32. The summed E-state index contributed by atoms with van der Waals surface area (Å²) in [5, 5.41) is 19.8. The maximum Gasteiger partial charge on any atom is 0.288 e. The fourth-order valence-electron chi connectivity index (χ4n) is 1.05. The molecule has 0 aliphatic rings. The Kier molecular flexibility index (Phi) is 3.09. The van der Waals surface area contributed by atoms with Gasteiger partial charge in [0.15, 0.2) is 0 Å². The number of rotatable bonds is 3. The van der Waals surface area contributed by atoms with Gasteiger partial charge in [-0.05, 0) is 6.42 Å². The van der Waals surface area contributed by atoms with Crippen LogP contribution in [0.5, 0.6) is 5.75 Å². The average Bonchev–Trinajstić information content (AvgIpc) is 2.09. The van der Waals surface area contributed by atoms with Gasteiger partial charge < -0.3 is 5.11 Å². The Labute approximate surface area is 85.6 Å². The van der Waals surface area contributed by atoms with E-state index >= 15 is 0 Å². The summed E-state index contributed by atoms with van der Waals surface area (Å²) in [4.78, 5) is 9.91. The van der Waals surface area contributed by atoms with E-state index in [1.165, 1.54) is 12.1 Å². The molecule has 74 valence electrons. The van der Waals surface area contributed by atoms with Crippen molar-refractivity contribution in [1.29, 1.82) is 0 Å². The lowest BCUT2D eigenvalue weighted by atomic mass is 10.1. The highest BCUT2D eigenvalue weighted by atomic mass is 35.5. The molecule has 5 heteroatoms. The van der Waals surface area contributed by atoms with Gasteiger partial charge in [0.25, 0.3) is 5.69 Å². The molecule has 0 fully saturated rings. The molecule has 0 unspecified atom stereocenters. The van der Waals surface area contributed by atoms with E-state index in [0.717, 1.165) is 0 Å². The Morgan fingerprint density at radius 2 is 2.29 bits per heavy atom. The van der Waals surface area contributed by atoms with Gasteiger partial charge in [0.05, 0.1) is 4.92 Å². The average molecular weight is 214 g/mol. The van der Waals surface area contributed by atoms with Crippen LogP contribution in [0.1, 0.15) is 5.56 Å². The number of phenols is 1. The molecule has 0 saturated heterocycles. The third kappa shape index (κ3) is 2.03. The van der Waals surface area contributed by atoms with Gasteiger partial charge >= 0.3 is 0 Å². The number of allylic oxidation sites excluding steroid dienone is 1. The number of phenolic OH excluding ortho intramolecular Hbond substituents is 1. The minimum Gasteiger partial charge on any atom is -0.508 e. The lowest BCUT2D eigenvalue weighted by molar-refractivity contribution is -0.384. The van der Waals surface area contributed by atoms with Crippen LogP contribution >= 0.6 is 11.6 Å². The molecule has 0 atom stereocenters. The van der Waals surface area contributed by atoms with Crippen LogP contribution in [-0.2, 0) is 6.42 Å². The molecule has 1 aromatic rings. The molecule has 0 heterocycles. The van der Waals surface area contributed by atoms with E-state index < -0.39 is 4.92 Å². The van der Waals surface area contributed by atoms with E-state index in [1.54, 1.807) is 6.08 Å². The lowest BCUT2D eigenvalue weighted by Gasteiger charge is -2.02. The zero-order valence-electron chi connectivity index (χ0n) is 7.24. The largest absolute Gasteiger partial charge is 0.508 e. The third-order valence-electron chi connectivity index (χ3n) is 1.71. The molecule has 0 aliphatic heterocycles. The van der Waals surface area contributed by atoms with Crippen molar-refractivity contribution in [2.24, 2.45) is 0 Å². The van der Waals surface area contributed by atoms with E-state index in [2.05, 4.69) is 6.58 Å². The molecular weight excluding hydrogens is 206 g/mol. The molecule has 0 spiro atoms. The van der Waals surface area contributed by atoms with Crippen molar-refractivity contribution in [3.8, 4) is 5.75 Å². The number of halogens is 1. The Balaban J connectivity index is 3.26. The third-order valence-corrected chi connectivity index (χ3v) is 2.01. The fraction of sp³-hybridized carbons (Fsp3) is 0.111. The molecule has 0 bridgehead atoms. The molecule has 0 aromatic heterocycles. The molecule has 0 radical (unpaired) electrons. The van der Waals surface area contributed by atoms with Crippen molar-refractivity contribution >= 4 is 17.3 Å². The summed E-state index contributed by atoms with van der Waals surface area (Å²) in [6, 6.07) is 2.41. The first-order chi connectivity index (χ1) is 6.56. The monoisotopic (exact) mass is 213 g/mol. The van der Waals surface area contributed by atoms with Gasteiger partial charge in [0.2, 0.25) is 0 Å². The molecule has 1 aromatic carbocycles. The van der Waals surface area contributed by atoms with Crippen molar-refractivity contribution < 1.29 is 10.0 Å². The van der Waals surface area contributed by atoms with Crippen LogP contribution in [-0.4, -0.2) is 10.0 Å². The van der Waals surface area contributed by atoms with Crippen LogP contribution in [0.3, 0.4) is 0 Å². The van der Waals surface area contributed by atoms with Crippen LogP contribution in [0, 0.1) is 10.1 Å². The first kappa shape index (κ1) is 10.5. The standard InChI is InChI=1S/C9H8ClNO3/c1-2-3-6-4-8(11(13)14)7(10)5-9(6)12/h2,4-5,12H,1,3H2. The number of hydrogen-bond donors (Lipinski definition) is 1. The second-order valence-electron chi connectivity index (χ2n) is 2.68. The minimum atomic E-state index is -0.589. The molecule has 0 aliphatic carbocycles. The van der Waals surface area contributed by atoms with E-state index in [4.69, 9.17) is 11.6 Å². The maximum absolute atomic E-state index is 10.5. The maximum atomic E-state index is 10.5. The number of nitro groups is 1. The first-order valence-electron chi connectivity index (χ1n) is 3.83. The smallest absolute Gasteiger partial charge is 0.288 e. The predicted molar refractivity (Wildman–Crippen MR) is 53.7 cm³/mol. The van der Waals surface area contributed by atoms with Gasteiger partial charge in [0, 0.05) is 17.7 Å². The number of benzene rings is 1. The lowest BCUT2D eigenvalue weighted by Crippen LogP contribution is -1.92. The number of hydrogen-bond acceptors (Lipinski definition) is 3. The number of nitro benzene ring substituents is 1. The molecular formula is C9H8ClNO3.